The Morgan fingerprint density at radius 1 is 1.30 bits per heavy atom. The van der Waals surface area contributed by atoms with Crippen LogP contribution in [-0.2, 0) is 0 Å². The third-order valence-corrected chi connectivity index (χ3v) is 4.35. The van der Waals surface area contributed by atoms with Gasteiger partial charge in [-0.2, -0.15) is 0 Å². The van der Waals surface area contributed by atoms with Gasteiger partial charge in [-0.3, -0.25) is 7.58 Å². The van der Waals surface area contributed by atoms with E-state index >= 15 is 0 Å². The first-order chi connectivity index (χ1) is 9.65. The molecule has 108 valence electrons. The van der Waals surface area contributed by atoms with Gasteiger partial charge >= 0.3 is 0 Å². The van der Waals surface area contributed by atoms with Crippen LogP contribution in [0.25, 0.3) is 10.9 Å². The van der Waals surface area contributed by atoms with Crippen molar-refractivity contribution in [2.45, 2.75) is 13.8 Å². The van der Waals surface area contributed by atoms with Crippen molar-refractivity contribution in [3.8, 4) is 0 Å². The molecule has 1 amide bonds. The van der Waals surface area contributed by atoms with E-state index in [1.165, 1.54) is 0 Å². The van der Waals surface area contributed by atoms with Gasteiger partial charge in [0, 0.05) is 30.2 Å². The molecule has 1 heterocycles. The number of nitrogens with one attached hydrogen (secondary N) is 1. The summed E-state index contributed by atoms with van der Waals surface area (Å²) >= 11 is 2.23. The smallest absolute Gasteiger partial charge is 0.251 e. The lowest BCUT2D eigenvalue weighted by Crippen LogP contribution is -2.34. The molecule has 0 saturated carbocycles. The number of aromatic nitrogens is 1. The number of hydrogen-bond acceptors (Lipinski definition) is 2. The molecule has 0 unspecified atom stereocenters. The SMILES string of the molecule is CCN(CC)CCNC(=O)c1ccc2c(ccn2I)c1. The van der Waals surface area contributed by atoms with Crippen molar-refractivity contribution in [3.63, 3.8) is 0 Å². The monoisotopic (exact) mass is 385 g/mol. The van der Waals surface area contributed by atoms with Gasteiger partial charge in [0.25, 0.3) is 5.91 Å². The Hall–Kier alpha value is -1.08. The molecule has 2 rings (SSSR count). The molecular weight excluding hydrogens is 365 g/mol. The lowest BCUT2D eigenvalue weighted by Gasteiger charge is -2.17. The summed E-state index contributed by atoms with van der Waals surface area (Å²) in [6, 6.07) is 7.83. The van der Waals surface area contributed by atoms with Gasteiger partial charge in [0.15, 0.2) is 0 Å². The standard InChI is InChI=1S/C15H20IN3O/c1-3-18(4-2)10-8-17-15(20)13-5-6-14-12(11-13)7-9-19(14)16/h5-7,9,11H,3-4,8,10H2,1-2H3,(H,17,20). The molecule has 0 aliphatic carbocycles. The quantitative estimate of drug-likeness (QED) is 0.777. The van der Waals surface area contributed by atoms with Crippen LogP contribution in [0.1, 0.15) is 24.2 Å². The van der Waals surface area contributed by atoms with Crippen LogP contribution in [0.2, 0.25) is 0 Å². The normalized spacial score (nSPS) is 11.2. The molecule has 20 heavy (non-hydrogen) atoms. The summed E-state index contributed by atoms with van der Waals surface area (Å²) < 4.78 is 2.02. The fourth-order valence-corrected chi connectivity index (χ4v) is 2.82. The summed E-state index contributed by atoms with van der Waals surface area (Å²) in [4.78, 5) is 14.4. The summed E-state index contributed by atoms with van der Waals surface area (Å²) in [5, 5.41) is 4.07. The van der Waals surface area contributed by atoms with Crippen LogP contribution in [-0.4, -0.2) is 39.8 Å². The van der Waals surface area contributed by atoms with E-state index < -0.39 is 0 Å². The number of halogens is 1. The molecule has 0 aliphatic rings. The van der Waals surface area contributed by atoms with Crippen molar-refractivity contribution in [2.75, 3.05) is 26.2 Å². The Balaban J connectivity index is 1.97. The minimum Gasteiger partial charge on any atom is -0.351 e. The maximum Gasteiger partial charge on any atom is 0.251 e. The zero-order valence-electron chi connectivity index (χ0n) is 11.9. The summed E-state index contributed by atoms with van der Waals surface area (Å²) in [5.41, 5.74) is 1.85. The van der Waals surface area contributed by atoms with Crippen molar-refractivity contribution in [1.82, 2.24) is 13.0 Å². The van der Waals surface area contributed by atoms with E-state index in [0.717, 1.165) is 36.1 Å². The van der Waals surface area contributed by atoms with Crippen LogP contribution < -0.4 is 5.32 Å². The highest BCUT2D eigenvalue weighted by atomic mass is 127. The van der Waals surface area contributed by atoms with Crippen molar-refractivity contribution in [2.24, 2.45) is 0 Å². The fourth-order valence-electron chi connectivity index (χ4n) is 2.22. The van der Waals surface area contributed by atoms with Crippen LogP contribution in [0.4, 0.5) is 0 Å². The number of amides is 1. The maximum absolute atomic E-state index is 12.1. The summed E-state index contributed by atoms with van der Waals surface area (Å²) in [7, 11) is 0. The number of fused-ring (bicyclic) bond motifs is 1. The van der Waals surface area contributed by atoms with E-state index in [4.69, 9.17) is 0 Å². The first-order valence-corrected chi connectivity index (χ1v) is 7.90. The first kappa shape index (κ1) is 15.3. The van der Waals surface area contributed by atoms with E-state index in [-0.39, 0.29) is 5.91 Å². The second-order valence-electron chi connectivity index (χ2n) is 4.68. The topological polar surface area (TPSA) is 37.3 Å². The largest absolute Gasteiger partial charge is 0.351 e. The predicted octanol–water partition coefficient (Wildman–Crippen LogP) is 2.91. The van der Waals surface area contributed by atoms with E-state index in [9.17, 15) is 4.79 Å². The third kappa shape index (κ3) is 3.52. The molecule has 5 heteroatoms. The Kier molecular flexibility index (Phi) is 5.42. The van der Waals surface area contributed by atoms with Crippen molar-refractivity contribution >= 4 is 39.7 Å². The third-order valence-electron chi connectivity index (χ3n) is 3.51. The first-order valence-electron chi connectivity index (χ1n) is 6.93. The second-order valence-corrected chi connectivity index (χ2v) is 5.72. The fraction of sp³-hybridized carbons (Fsp3) is 0.400. The summed E-state index contributed by atoms with van der Waals surface area (Å²) in [6.45, 7) is 7.88. The minimum atomic E-state index is 0.000245. The Morgan fingerprint density at radius 2 is 2.05 bits per heavy atom. The molecule has 0 radical (unpaired) electrons. The van der Waals surface area contributed by atoms with Gasteiger partial charge in [-0.1, -0.05) is 13.8 Å². The van der Waals surface area contributed by atoms with Crippen molar-refractivity contribution in [1.29, 1.82) is 0 Å². The van der Waals surface area contributed by atoms with Gasteiger partial charge < -0.3 is 10.2 Å². The zero-order chi connectivity index (χ0) is 14.5. The number of rotatable bonds is 6. The maximum atomic E-state index is 12.1. The number of benzene rings is 1. The molecule has 1 N–H and O–H groups in total. The second kappa shape index (κ2) is 7.08. The van der Waals surface area contributed by atoms with E-state index in [0.29, 0.717) is 6.54 Å². The Labute approximate surface area is 133 Å². The van der Waals surface area contributed by atoms with E-state index in [1.807, 2.05) is 33.2 Å². The van der Waals surface area contributed by atoms with Crippen LogP contribution >= 0.6 is 22.9 Å². The van der Waals surface area contributed by atoms with Gasteiger partial charge in [-0.05, 0) is 37.4 Å². The highest BCUT2D eigenvalue weighted by molar-refractivity contribution is 14.1. The Morgan fingerprint density at radius 3 is 2.75 bits per heavy atom. The van der Waals surface area contributed by atoms with Crippen LogP contribution in [0.15, 0.2) is 30.5 Å². The molecule has 0 saturated heterocycles. The number of hydrogen-bond donors (Lipinski definition) is 1. The summed E-state index contributed by atoms with van der Waals surface area (Å²) in [6.07, 6.45) is 1.99. The van der Waals surface area contributed by atoms with Gasteiger partial charge in [-0.15, -0.1) is 0 Å². The van der Waals surface area contributed by atoms with Gasteiger partial charge in [0.2, 0.25) is 0 Å². The zero-order valence-corrected chi connectivity index (χ0v) is 14.1. The van der Waals surface area contributed by atoms with Gasteiger partial charge in [-0.25, -0.2) is 0 Å². The minimum absolute atomic E-state index is 0.000245. The summed E-state index contributed by atoms with van der Waals surface area (Å²) in [5.74, 6) is 0.000245. The molecule has 0 bridgehead atoms. The molecule has 4 nitrogen and oxygen atoms in total. The van der Waals surface area contributed by atoms with Crippen molar-refractivity contribution < 1.29 is 4.79 Å². The lowest BCUT2D eigenvalue weighted by atomic mass is 10.1. The molecule has 0 fully saturated rings. The van der Waals surface area contributed by atoms with Gasteiger partial charge in [0.1, 0.15) is 0 Å². The van der Waals surface area contributed by atoms with Gasteiger partial charge in [0.05, 0.1) is 28.4 Å². The van der Waals surface area contributed by atoms with E-state index in [1.54, 1.807) is 0 Å². The number of carbonyl (C=O) groups is 1. The molecule has 0 aliphatic heterocycles. The Bertz CT molecular complexity index is 590. The molecule has 2 aromatic rings. The van der Waals surface area contributed by atoms with Crippen LogP contribution in [0.3, 0.4) is 0 Å². The van der Waals surface area contributed by atoms with E-state index in [2.05, 4.69) is 46.9 Å². The van der Waals surface area contributed by atoms with Crippen LogP contribution in [0.5, 0.6) is 0 Å². The number of carbonyl (C=O) groups excluding carboxylic acids is 1. The molecule has 0 atom stereocenters. The predicted molar refractivity (Wildman–Crippen MR) is 91.5 cm³/mol. The average Bonchev–Trinajstić information content (AvgIpc) is 2.84. The number of nitrogens with zero attached hydrogens (tertiary/aromatic N) is 2. The average molecular weight is 385 g/mol. The molecule has 1 aromatic heterocycles. The lowest BCUT2D eigenvalue weighted by molar-refractivity contribution is 0.0949. The molecule has 0 spiro atoms. The highest BCUT2D eigenvalue weighted by Crippen LogP contribution is 2.19. The molecular formula is C15H20IN3O. The highest BCUT2D eigenvalue weighted by Gasteiger charge is 2.08. The molecule has 1 aromatic carbocycles. The number of likely N-dealkylation sites (N-methyl/N-ethyl adjacent to an activating group) is 1. The van der Waals surface area contributed by atoms with Crippen LogP contribution in [0, 0.1) is 0 Å². The van der Waals surface area contributed by atoms with Crippen molar-refractivity contribution in [3.05, 3.63) is 36.0 Å².